The molecule has 1 fully saturated rings. The van der Waals surface area contributed by atoms with E-state index in [1.807, 2.05) is 30.3 Å². The van der Waals surface area contributed by atoms with Gasteiger partial charge < -0.3 is 4.42 Å². The van der Waals surface area contributed by atoms with Crippen LogP contribution < -0.4 is 5.56 Å². The summed E-state index contributed by atoms with van der Waals surface area (Å²) < 4.78 is 7.05. The molecule has 0 bridgehead atoms. The van der Waals surface area contributed by atoms with Gasteiger partial charge in [-0.15, -0.1) is 0 Å². The first kappa shape index (κ1) is 20.2. The lowest BCUT2D eigenvalue weighted by Gasteiger charge is -2.21. The number of rotatable bonds is 7. The van der Waals surface area contributed by atoms with E-state index in [1.165, 1.54) is 29.3 Å². The van der Waals surface area contributed by atoms with Crippen LogP contribution in [0.3, 0.4) is 0 Å². The molecule has 160 valence electrons. The molecule has 1 aliphatic rings. The van der Waals surface area contributed by atoms with E-state index in [4.69, 9.17) is 9.40 Å². The quantitative estimate of drug-likeness (QED) is 0.410. The van der Waals surface area contributed by atoms with Gasteiger partial charge in [-0.1, -0.05) is 60.9 Å². The fraction of sp³-hybridized carbons (Fsp3) is 0.375. The number of nitrogens with zero attached hydrogens (tertiary/aromatic N) is 4. The van der Waals surface area contributed by atoms with Gasteiger partial charge in [0.1, 0.15) is 10.8 Å². The molecule has 0 spiro atoms. The minimum absolute atomic E-state index is 0.101. The Morgan fingerprint density at radius 1 is 1.03 bits per heavy atom. The first-order chi connectivity index (χ1) is 15.2. The van der Waals surface area contributed by atoms with E-state index in [2.05, 4.69) is 22.1 Å². The maximum absolute atomic E-state index is 12.8. The predicted octanol–water partition coefficient (Wildman–Crippen LogP) is 4.99. The van der Waals surface area contributed by atoms with E-state index in [0.29, 0.717) is 24.0 Å². The molecule has 4 aromatic rings. The largest absolute Gasteiger partial charge is 0.468 e. The summed E-state index contributed by atoms with van der Waals surface area (Å²) in [7, 11) is 0. The van der Waals surface area contributed by atoms with E-state index >= 15 is 0 Å². The molecule has 3 heterocycles. The average Bonchev–Trinajstić information content (AvgIpc) is 3.45. The fourth-order valence-corrected chi connectivity index (χ4v) is 5.42. The zero-order chi connectivity index (χ0) is 21.0. The molecule has 0 N–H and O–H groups in total. The van der Waals surface area contributed by atoms with Gasteiger partial charge in [-0.2, -0.15) is 9.61 Å². The van der Waals surface area contributed by atoms with Crippen molar-refractivity contribution in [2.24, 2.45) is 0 Å². The van der Waals surface area contributed by atoms with E-state index in [1.54, 1.807) is 23.7 Å². The van der Waals surface area contributed by atoms with Crippen LogP contribution in [0.5, 0.6) is 0 Å². The van der Waals surface area contributed by atoms with Crippen LogP contribution in [0.4, 0.5) is 0 Å². The van der Waals surface area contributed by atoms with Crippen LogP contribution >= 0.6 is 11.3 Å². The Morgan fingerprint density at radius 3 is 2.65 bits per heavy atom. The van der Waals surface area contributed by atoms with Crippen LogP contribution in [0.1, 0.15) is 60.0 Å². The third kappa shape index (κ3) is 4.78. The molecule has 0 unspecified atom stereocenters. The van der Waals surface area contributed by atoms with Crippen molar-refractivity contribution in [3.05, 3.63) is 87.2 Å². The van der Waals surface area contributed by atoms with Crippen molar-refractivity contribution in [3.63, 3.8) is 0 Å². The Balaban J connectivity index is 1.41. The second-order valence-corrected chi connectivity index (χ2v) is 9.25. The lowest BCUT2D eigenvalue weighted by atomic mass is 9.90. The molecule has 0 saturated heterocycles. The summed E-state index contributed by atoms with van der Waals surface area (Å²) in [6.45, 7) is 1.97. The molecular formula is C24H26N4O2S. The van der Waals surface area contributed by atoms with Gasteiger partial charge in [-0.25, -0.2) is 4.98 Å². The van der Waals surface area contributed by atoms with Gasteiger partial charge in [0, 0.05) is 25.1 Å². The zero-order valence-electron chi connectivity index (χ0n) is 17.4. The van der Waals surface area contributed by atoms with E-state index in [9.17, 15) is 4.79 Å². The Bertz CT molecular complexity index is 1180. The van der Waals surface area contributed by atoms with Crippen LogP contribution in [-0.4, -0.2) is 19.5 Å². The molecule has 1 aliphatic carbocycles. The maximum atomic E-state index is 12.8. The Hall–Kier alpha value is -2.77. The van der Waals surface area contributed by atoms with Gasteiger partial charge in [0.25, 0.3) is 5.56 Å². The first-order valence-corrected chi connectivity index (χ1v) is 11.7. The Morgan fingerprint density at radius 2 is 1.87 bits per heavy atom. The summed E-state index contributed by atoms with van der Waals surface area (Å²) in [5.41, 5.74) is 1.88. The summed E-state index contributed by atoms with van der Waals surface area (Å²) in [6, 6.07) is 15.8. The molecule has 31 heavy (non-hydrogen) atoms. The molecule has 0 amide bonds. The highest BCUT2D eigenvalue weighted by molar-refractivity contribution is 7.16. The van der Waals surface area contributed by atoms with Crippen molar-refractivity contribution in [2.75, 3.05) is 0 Å². The highest BCUT2D eigenvalue weighted by atomic mass is 32.1. The van der Waals surface area contributed by atoms with E-state index in [0.717, 1.165) is 35.8 Å². The second-order valence-electron chi connectivity index (χ2n) is 8.27. The van der Waals surface area contributed by atoms with E-state index < -0.39 is 0 Å². The molecule has 5 rings (SSSR count). The fourth-order valence-electron chi connectivity index (χ4n) is 4.33. The summed E-state index contributed by atoms with van der Waals surface area (Å²) in [6.07, 6.45) is 7.81. The molecule has 7 heteroatoms. The summed E-state index contributed by atoms with van der Waals surface area (Å²) >= 11 is 1.57. The molecule has 0 aliphatic heterocycles. The number of hydrogen-bond acceptors (Lipinski definition) is 6. The molecule has 0 radical (unpaired) electrons. The summed E-state index contributed by atoms with van der Waals surface area (Å²) in [5, 5.41) is 5.67. The van der Waals surface area contributed by atoms with Gasteiger partial charge in [0.15, 0.2) is 0 Å². The van der Waals surface area contributed by atoms with Gasteiger partial charge in [-0.05, 0) is 30.5 Å². The van der Waals surface area contributed by atoms with Gasteiger partial charge in [0.2, 0.25) is 4.96 Å². The van der Waals surface area contributed by atoms with Crippen LogP contribution in [0.15, 0.2) is 64.0 Å². The van der Waals surface area contributed by atoms with Crippen molar-refractivity contribution in [1.82, 2.24) is 19.5 Å². The zero-order valence-corrected chi connectivity index (χ0v) is 18.3. The number of hydrogen-bond donors (Lipinski definition) is 0. The van der Waals surface area contributed by atoms with Crippen LogP contribution in [0.2, 0.25) is 0 Å². The second kappa shape index (κ2) is 9.16. The molecule has 1 aromatic carbocycles. The predicted molar refractivity (Wildman–Crippen MR) is 121 cm³/mol. The highest BCUT2D eigenvalue weighted by Crippen LogP contribution is 2.34. The van der Waals surface area contributed by atoms with Gasteiger partial charge in [-0.3, -0.25) is 9.69 Å². The topological polar surface area (TPSA) is 63.6 Å². The number of aromatic nitrogens is 3. The standard InChI is InChI=1S/C24H26N4O2S/c29-22-14-20(25-24-28(22)26-23(31-24)19-10-5-2-6-11-19)16-27(17-21-12-7-13-30-21)15-18-8-3-1-4-9-18/h1,3-4,7-9,12-14,19H,2,5-6,10-11,15-17H2. The lowest BCUT2D eigenvalue weighted by molar-refractivity contribution is 0.224. The molecule has 1 saturated carbocycles. The average molecular weight is 435 g/mol. The van der Waals surface area contributed by atoms with Gasteiger partial charge >= 0.3 is 0 Å². The molecule has 3 aromatic heterocycles. The van der Waals surface area contributed by atoms with Crippen LogP contribution in [-0.2, 0) is 19.6 Å². The van der Waals surface area contributed by atoms with Crippen LogP contribution in [0, 0.1) is 0 Å². The number of furan rings is 1. The van der Waals surface area contributed by atoms with Crippen molar-refractivity contribution < 1.29 is 4.42 Å². The minimum atomic E-state index is -0.101. The number of benzene rings is 1. The van der Waals surface area contributed by atoms with Crippen molar-refractivity contribution >= 4 is 16.3 Å². The minimum Gasteiger partial charge on any atom is -0.468 e. The summed E-state index contributed by atoms with van der Waals surface area (Å²) in [5.74, 6) is 1.36. The normalized spacial score (nSPS) is 15.1. The van der Waals surface area contributed by atoms with Crippen molar-refractivity contribution in [2.45, 2.75) is 57.7 Å². The van der Waals surface area contributed by atoms with E-state index in [-0.39, 0.29) is 5.56 Å². The monoisotopic (exact) mass is 434 g/mol. The maximum Gasteiger partial charge on any atom is 0.275 e. The SMILES string of the molecule is O=c1cc(CN(Cc2ccccc2)Cc2ccco2)nc2sc(C3CCCCC3)nn12. The third-order valence-corrected chi connectivity index (χ3v) is 6.93. The van der Waals surface area contributed by atoms with Gasteiger partial charge in [0.05, 0.1) is 18.5 Å². The lowest BCUT2D eigenvalue weighted by Crippen LogP contribution is -2.25. The molecular weight excluding hydrogens is 408 g/mol. The smallest absolute Gasteiger partial charge is 0.275 e. The highest BCUT2D eigenvalue weighted by Gasteiger charge is 2.21. The first-order valence-electron chi connectivity index (χ1n) is 10.9. The van der Waals surface area contributed by atoms with Crippen molar-refractivity contribution in [1.29, 1.82) is 0 Å². The summed E-state index contributed by atoms with van der Waals surface area (Å²) in [4.78, 5) is 20.5. The molecule has 0 atom stereocenters. The Kier molecular flexibility index (Phi) is 5.95. The number of fused-ring (bicyclic) bond motifs is 1. The third-order valence-electron chi connectivity index (χ3n) is 5.86. The molecule has 6 nitrogen and oxygen atoms in total. The Labute approximate surface area is 185 Å². The van der Waals surface area contributed by atoms with Crippen molar-refractivity contribution in [3.8, 4) is 0 Å². The van der Waals surface area contributed by atoms with Crippen LogP contribution in [0.25, 0.3) is 4.96 Å².